The van der Waals surface area contributed by atoms with Crippen LogP contribution in [0.25, 0.3) is 0 Å². The highest BCUT2D eigenvalue weighted by Crippen LogP contribution is 2.76. The smallest absolute Gasteiger partial charge is 0.358 e. The average Bonchev–Trinajstić information content (AvgIpc) is 2.34. The van der Waals surface area contributed by atoms with Gasteiger partial charge in [0.2, 0.25) is 0 Å². The second-order valence-corrected chi connectivity index (χ2v) is 10.5. The molecule has 0 bridgehead atoms. The van der Waals surface area contributed by atoms with Gasteiger partial charge in [-0.15, -0.1) is 0 Å². The van der Waals surface area contributed by atoms with Crippen molar-refractivity contribution in [3.05, 3.63) is 0 Å². The van der Waals surface area contributed by atoms with Crippen molar-refractivity contribution in [1.29, 1.82) is 0 Å². The van der Waals surface area contributed by atoms with Gasteiger partial charge in [0.1, 0.15) is 0 Å². The first-order chi connectivity index (χ1) is 10.3. The summed E-state index contributed by atoms with van der Waals surface area (Å²) >= 11 is 0. The van der Waals surface area contributed by atoms with Crippen LogP contribution in [0.1, 0.15) is 20.8 Å². The number of hydrogen-bond acceptors (Lipinski definition) is 7. The monoisotopic (exact) mass is 398 g/mol. The second-order valence-electron chi connectivity index (χ2n) is 4.21. The zero-order valence-electron chi connectivity index (χ0n) is 12.8. The molecule has 23 heavy (non-hydrogen) atoms. The van der Waals surface area contributed by atoms with Crippen molar-refractivity contribution in [3.8, 4) is 0 Å². The highest BCUT2D eigenvalue weighted by molar-refractivity contribution is 7.76. The number of carboxylic acid groups (broad SMARTS) is 1. The fourth-order valence-corrected chi connectivity index (χ4v) is 8.66. The van der Waals surface area contributed by atoms with Gasteiger partial charge in [0.15, 0.2) is 0 Å². The molecule has 0 heterocycles. The molecule has 0 aliphatic heterocycles. The third-order valence-corrected chi connectivity index (χ3v) is 9.97. The maximum absolute atomic E-state index is 12.3. The normalized spacial score (nSPS) is 22.3. The van der Waals surface area contributed by atoms with Gasteiger partial charge in [0.05, 0.1) is 26.0 Å². The molecule has 0 aliphatic carbocycles. The van der Waals surface area contributed by atoms with Crippen LogP contribution in [0, 0.1) is 0 Å². The van der Waals surface area contributed by atoms with Gasteiger partial charge in [-0.1, -0.05) is 0 Å². The predicted octanol–water partition coefficient (Wildman–Crippen LogP) is 1.43. The lowest BCUT2D eigenvalue weighted by Crippen LogP contribution is -2.43. The Morgan fingerprint density at radius 2 is 1.22 bits per heavy atom. The maximum Gasteiger partial charge on any atom is 0.358 e. The minimum absolute atomic E-state index is 0.335. The molecule has 0 aliphatic rings. The van der Waals surface area contributed by atoms with E-state index in [1.807, 2.05) is 0 Å². The molecule has 3 unspecified atom stereocenters. The summed E-state index contributed by atoms with van der Waals surface area (Å²) in [6.07, 6.45) is -1.63. The molecule has 0 amide bonds. The molecule has 14 heteroatoms. The third kappa shape index (κ3) is 4.95. The minimum Gasteiger partial charge on any atom is -0.480 e. The van der Waals surface area contributed by atoms with Gasteiger partial charge in [-0.05, 0) is 20.8 Å². The Morgan fingerprint density at radius 1 is 0.870 bits per heavy atom. The molecule has 3 atom stereocenters. The number of hydrogen-bond donors (Lipinski definition) is 4. The summed E-state index contributed by atoms with van der Waals surface area (Å²) in [4.78, 5) is 37.6. The molecule has 4 N–H and O–H groups in total. The van der Waals surface area contributed by atoms with E-state index in [9.17, 15) is 38.3 Å². The van der Waals surface area contributed by atoms with Gasteiger partial charge >= 0.3 is 28.8 Å². The lowest BCUT2D eigenvalue weighted by molar-refractivity contribution is -0.138. The van der Waals surface area contributed by atoms with Crippen molar-refractivity contribution in [2.45, 2.75) is 25.7 Å². The second kappa shape index (κ2) is 8.34. The molecule has 0 aromatic rings. The van der Waals surface area contributed by atoms with Crippen LogP contribution in [0.4, 0.5) is 0 Å². The van der Waals surface area contributed by atoms with Crippen molar-refractivity contribution in [3.63, 3.8) is 0 Å². The van der Waals surface area contributed by atoms with E-state index < -0.39 is 53.0 Å². The Balaban J connectivity index is 6.44. The molecule has 0 fully saturated rings. The van der Waals surface area contributed by atoms with E-state index in [0.717, 1.165) is 0 Å². The highest BCUT2D eigenvalue weighted by atomic mass is 31.2. The SMILES string of the molecule is CCOP(=O)(O)CC(C(=O)O)(P(=O)(O)OCC)P(=O)(O)OCC. The Morgan fingerprint density at radius 3 is 1.48 bits per heavy atom. The first-order valence-corrected chi connectivity index (χ1v) is 11.4. The standard InChI is InChI=1S/C9H21O11P3/c1-4-18-21(12,13)7-9(8(10)11,22(14,15)19-5-2)23(16,17)20-6-3/h4-7H2,1-3H3,(H,10,11)(H,12,13)(H,14,15)(H,16,17). The van der Waals surface area contributed by atoms with Crippen LogP contribution >= 0.6 is 22.8 Å². The first kappa shape index (κ1) is 22.9. The van der Waals surface area contributed by atoms with E-state index in [0.29, 0.717) is 0 Å². The van der Waals surface area contributed by atoms with E-state index in [2.05, 4.69) is 13.6 Å². The van der Waals surface area contributed by atoms with Crippen LogP contribution in [0.3, 0.4) is 0 Å². The van der Waals surface area contributed by atoms with Crippen LogP contribution in [0.2, 0.25) is 0 Å². The van der Waals surface area contributed by atoms with E-state index in [1.54, 1.807) is 0 Å². The zero-order valence-corrected chi connectivity index (χ0v) is 15.5. The fourth-order valence-electron chi connectivity index (χ4n) is 1.74. The molecule has 0 saturated carbocycles. The first-order valence-electron chi connectivity index (χ1n) is 6.48. The highest BCUT2D eigenvalue weighted by Gasteiger charge is 2.71. The largest absolute Gasteiger partial charge is 0.480 e. The topological polar surface area (TPSA) is 177 Å². The summed E-state index contributed by atoms with van der Waals surface area (Å²) in [7, 11) is -15.6. The maximum atomic E-state index is 12.3. The number of carboxylic acids is 1. The Bertz CT molecular complexity index is 533. The zero-order chi connectivity index (χ0) is 18.5. The van der Waals surface area contributed by atoms with E-state index in [1.165, 1.54) is 20.8 Å². The van der Waals surface area contributed by atoms with Gasteiger partial charge in [-0.3, -0.25) is 18.5 Å². The van der Waals surface area contributed by atoms with Gasteiger partial charge in [-0.25, -0.2) is 0 Å². The lowest BCUT2D eigenvalue weighted by atomic mass is 10.5. The summed E-state index contributed by atoms with van der Waals surface area (Å²) in [6.45, 7) is 2.48. The number of carbonyl (C=O) groups is 1. The van der Waals surface area contributed by atoms with E-state index >= 15 is 0 Å². The summed E-state index contributed by atoms with van der Waals surface area (Å²) in [5.74, 6) is -2.29. The summed E-state index contributed by atoms with van der Waals surface area (Å²) in [5.41, 5.74) is 0. The molecule has 0 saturated heterocycles. The molecule has 0 aromatic carbocycles. The molecule has 0 radical (unpaired) electrons. The molecule has 0 rings (SSSR count). The molecular formula is C9H21O11P3. The van der Waals surface area contributed by atoms with E-state index in [-0.39, 0.29) is 6.61 Å². The van der Waals surface area contributed by atoms with Crippen LogP contribution in [0.5, 0.6) is 0 Å². The molecule has 0 aromatic heterocycles. The summed E-state index contributed by atoms with van der Waals surface area (Å²) in [6, 6.07) is 0. The Hall–Kier alpha value is -0.0800. The van der Waals surface area contributed by atoms with Gasteiger partial charge in [0.25, 0.3) is 4.90 Å². The molecule has 138 valence electrons. The van der Waals surface area contributed by atoms with Gasteiger partial charge in [-0.2, -0.15) is 0 Å². The predicted molar refractivity (Wildman–Crippen MR) is 79.6 cm³/mol. The van der Waals surface area contributed by atoms with Gasteiger partial charge < -0.3 is 33.4 Å². The third-order valence-electron chi connectivity index (χ3n) is 2.64. The van der Waals surface area contributed by atoms with Crippen LogP contribution in [-0.2, 0) is 32.1 Å². The van der Waals surface area contributed by atoms with Crippen molar-refractivity contribution >= 4 is 28.8 Å². The van der Waals surface area contributed by atoms with Gasteiger partial charge in [0, 0.05) is 0 Å². The van der Waals surface area contributed by atoms with Crippen molar-refractivity contribution in [2.75, 3.05) is 26.0 Å². The van der Waals surface area contributed by atoms with Crippen LogP contribution in [-0.4, -0.2) is 56.6 Å². The molecular weight excluding hydrogens is 377 g/mol. The lowest BCUT2D eigenvalue weighted by Gasteiger charge is -2.35. The van der Waals surface area contributed by atoms with E-state index in [4.69, 9.17) is 0 Å². The molecule has 11 nitrogen and oxygen atoms in total. The van der Waals surface area contributed by atoms with Crippen molar-refractivity contribution in [2.24, 2.45) is 0 Å². The summed E-state index contributed by atoms with van der Waals surface area (Å²) in [5, 5.41) is 9.37. The average molecular weight is 398 g/mol. The Labute approximate surface area is 133 Å². The quantitative estimate of drug-likeness (QED) is 0.370. The Kier molecular flexibility index (Phi) is 8.31. The van der Waals surface area contributed by atoms with Crippen molar-refractivity contribution in [1.82, 2.24) is 0 Å². The van der Waals surface area contributed by atoms with Crippen molar-refractivity contribution < 1.29 is 51.8 Å². The summed E-state index contributed by atoms with van der Waals surface area (Å²) < 4.78 is 49.9. The van der Waals surface area contributed by atoms with Crippen LogP contribution in [0.15, 0.2) is 0 Å². The fraction of sp³-hybridized carbons (Fsp3) is 0.889. The van der Waals surface area contributed by atoms with Crippen LogP contribution < -0.4 is 0 Å². The minimum atomic E-state index is -5.41. The number of aliphatic carboxylic acids is 1. The number of rotatable bonds is 11. The molecule has 0 spiro atoms.